The molecule has 190 valence electrons. The van der Waals surface area contributed by atoms with E-state index in [1.54, 1.807) is 11.7 Å². The Labute approximate surface area is 214 Å². The van der Waals surface area contributed by atoms with Crippen LogP contribution in [0.1, 0.15) is 29.7 Å². The smallest absolute Gasteiger partial charge is 0.328 e. The number of fused-ring (bicyclic) bond motifs is 1. The second-order valence-corrected chi connectivity index (χ2v) is 9.51. The van der Waals surface area contributed by atoms with E-state index < -0.39 is 6.35 Å². The molecule has 1 fully saturated rings. The van der Waals surface area contributed by atoms with E-state index in [-0.39, 0.29) is 18.1 Å². The summed E-state index contributed by atoms with van der Waals surface area (Å²) in [5.41, 5.74) is 10.5. The lowest BCUT2D eigenvalue weighted by Crippen LogP contribution is -2.33. The van der Waals surface area contributed by atoms with Crippen molar-refractivity contribution in [1.29, 1.82) is 0 Å². The first-order valence-corrected chi connectivity index (χ1v) is 12.5. The molecule has 0 radical (unpaired) electrons. The zero-order chi connectivity index (χ0) is 25.1. The van der Waals surface area contributed by atoms with Crippen molar-refractivity contribution in [2.24, 2.45) is 10.7 Å². The van der Waals surface area contributed by atoms with Gasteiger partial charge in [-0.05, 0) is 66.4 Å². The molecule has 1 unspecified atom stereocenters. The van der Waals surface area contributed by atoms with Gasteiger partial charge in [-0.15, -0.1) is 0 Å². The maximum absolute atomic E-state index is 12.8. The number of nitrogens with one attached hydrogen (secondary N) is 2. The van der Waals surface area contributed by atoms with Crippen LogP contribution in [0.5, 0.6) is 0 Å². The standard InChI is InChI=1S/C26H31ClN6O3/c1-35-11-12-36-25-30-23(28)22-24(31-25)33(26(34)29-22)16-20-14-19(7-8-21(20)27)18-6-4-5-17(13-18)15-32-9-2-3-10-32/h4-8,13-14,25,31H,2-3,9-12,15-16H2,1H3,(H2,28,30)(H,29,34). The number of nitrogens with zero attached hydrogens (tertiary/aromatic N) is 3. The zero-order valence-electron chi connectivity index (χ0n) is 20.3. The second kappa shape index (κ2) is 10.9. The summed E-state index contributed by atoms with van der Waals surface area (Å²) in [6, 6.07) is 14.5. The Kier molecular flexibility index (Phi) is 7.43. The van der Waals surface area contributed by atoms with Crippen LogP contribution >= 0.6 is 11.6 Å². The van der Waals surface area contributed by atoms with Crippen LogP contribution in [-0.2, 0) is 22.6 Å². The Balaban J connectivity index is 1.39. The third kappa shape index (κ3) is 5.34. The molecule has 2 aliphatic heterocycles. The fraction of sp³-hybridized carbons (Fsp3) is 0.385. The van der Waals surface area contributed by atoms with E-state index in [1.165, 1.54) is 18.4 Å². The van der Waals surface area contributed by atoms with Gasteiger partial charge in [0.2, 0.25) is 6.35 Å². The van der Waals surface area contributed by atoms with Crippen LogP contribution in [0.25, 0.3) is 11.1 Å². The van der Waals surface area contributed by atoms with Crippen LogP contribution in [0.3, 0.4) is 0 Å². The number of aromatic amines is 1. The van der Waals surface area contributed by atoms with Crippen LogP contribution in [0.4, 0.5) is 5.82 Å². The average molecular weight is 511 g/mol. The van der Waals surface area contributed by atoms with Crippen LogP contribution < -0.4 is 16.7 Å². The number of rotatable bonds is 9. The molecule has 1 saturated heterocycles. The predicted octanol–water partition coefficient (Wildman–Crippen LogP) is 3.22. The van der Waals surface area contributed by atoms with E-state index >= 15 is 0 Å². The largest absolute Gasteiger partial charge is 0.382 e. The Morgan fingerprint density at radius 3 is 2.72 bits per heavy atom. The van der Waals surface area contributed by atoms with E-state index in [0.29, 0.717) is 29.7 Å². The summed E-state index contributed by atoms with van der Waals surface area (Å²) in [6.07, 6.45) is 1.83. The van der Waals surface area contributed by atoms with E-state index in [9.17, 15) is 4.79 Å². The quantitative estimate of drug-likeness (QED) is 0.381. The lowest BCUT2D eigenvalue weighted by atomic mass is 10.0. The molecule has 0 bridgehead atoms. The number of nitrogens with two attached hydrogens (primary N) is 1. The Bertz CT molecular complexity index is 1310. The van der Waals surface area contributed by atoms with E-state index in [4.69, 9.17) is 26.8 Å². The molecule has 2 aromatic carbocycles. The van der Waals surface area contributed by atoms with Crippen molar-refractivity contribution in [2.45, 2.75) is 32.3 Å². The van der Waals surface area contributed by atoms with Gasteiger partial charge in [0.15, 0.2) is 5.84 Å². The number of aliphatic imine (C=N–C) groups is 1. The molecule has 0 saturated carbocycles. The molecule has 0 amide bonds. The van der Waals surface area contributed by atoms with Crippen LogP contribution in [0, 0.1) is 0 Å². The predicted molar refractivity (Wildman–Crippen MR) is 142 cm³/mol. The van der Waals surface area contributed by atoms with Gasteiger partial charge in [-0.25, -0.2) is 9.79 Å². The van der Waals surface area contributed by atoms with Gasteiger partial charge in [0, 0.05) is 18.7 Å². The molecule has 2 aliphatic rings. The molecular formula is C26H31ClN6O3. The number of likely N-dealkylation sites (tertiary alicyclic amines) is 1. The number of halogens is 1. The summed E-state index contributed by atoms with van der Waals surface area (Å²) in [6.45, 7) is 4.29. The van der Waals surface area contributed by atoms with Crippen molar-refractivity contribution in [3.05, 3.63) is 74.8 Å². The van der Waals surface area contributed by atoms with Crippen molar-refractivity contribution in [2.75, 3.05) is 38.7 Å². The highest BCUT2D eigenvalue weighted by atomic mass is 35.5. The van der Waals surface area contributed by atoms with Gasteiger partial charge in [0.25, 0.3) is 0 Å². The summed E-state index contributed by atoms with van der Waals surface area (Å²) in [7, 11) is 1.60. The third-order valence-electron chi connectivity index (χ3n) is 6.56. The summed E-state index contributed by atoms with van der Waals surface area (Å²) in [5.74, 6) is 0.723. The van der Waals surface area contributed by atoms with Gasteiger partial charge in [0.05, 0.1) is 19.8 Å². The first kappa shape index (κ1) is 24.6. The monoisotopic (exact) mass is 510 g/mol. The Morgan fingerprint density at radius 2 is 1.92 bits per heavy atom. The van der Waals surface area contributed by atoms with Crippen LogP contribution in [-0.4, -0.2) is 60.1 Å². The van der Waals surface area contributed by atoms with Crippen molar-refractivity contribution in [3.63, 3.8) is 0 Å². The first-order valence-electron chi connectivity index (χ1n) is 12.2. The summed E-state index contributed by atoms with van der Waals surface area (Å²) < 4.78 is 12.3. The number of ether oxygens (including phenoxy) is 2. The van der Waals surface area contributed by atoms with Gasteiger partial charge >= 0.3 is 5.69 Å². The molecule has 0 spiro atoms. The molecule has 36 heavy (non-hydrogen) atoms. The minimum atomic E-state index is -0.714. The molecule has 4 N–H and O–H groups in total. The molecule has 9 nitrogen and oxygen atoms in total. The molecule has 1 aromatic heterocycles. The maximum Gasteiger partial charge on any atom is 0.328 e. The van der Waals surface area contributed by atoms with Crippen molar-refractivity contribution < 1.29 is 9.47 Å². The fourth-order valence-corrected chi connectivity index (χ4v) is 4.89. The number of anilines is 1. The minimum Gasteiger partial charge on any atom is -0.382 e. The number of H-pyrrole nitrogens is 1. The lowest BCUT2D eigenvalue weighted by molar-refractivity contribution is 0.0341. The van der Waals surface area contributed by atoms with Crippen molar-refractivity contribution in [1.82, 2.24) is 14.5 Å². The van der Waals surface area contributed by atoms with E-state index in [1.807, 2.05) is 18.2 Å². The molecule has 5 rings (SSSR count). The highest BCUT2D eigenvalue weighted by Crippen LogP contribution is 2.28. The third-order valence-corrected chi connectivity index (χ3v) is 6.93. The molecule has 0 aliphatic carbocycles. The summed E-state index contributed by atoms with van der Waals surface area (Å²) in [5, 5.41) is 3.72. The topological polar surface area (TPSA) is 110 Å². The van der Waals surface area contributed by atoms with E-state index in [2.05, 4.69) is 44.5 Å². The maximum atomic E-state index is 12.8. The summed E-state index contributed by atoms with van der Waals surface area (Å²) in [4.78, 5) is 22.4. The zero-order valence-corrected chi connectivity index (χ0v) is 21.1. The number of imidazole rings is 1. The Hall–Kier alpha value is -3.11. The van der Waals surface area contributed by atoms with Gasteiger partial charge in [-0.3, -0.25) is 9.47 Å². The number of hydrogen-bond acceptors (Lipinski definition) is 7. The highest BCUT2D eigenvalue weighted by molar-refractivity contribution is 6.31. The number of aromatic nitrogens is 2. The second-order valence-electron chi connectivity index (χ2n) is 9.10. The normalized spacial score (nSPS) is 17.6. The fourth-order valence-electron chi connectivity index (χ4n) is 4.71. The van der Waals surface area contributed by atoms with Crippen molar-refractivity contribution >= 4 is 23.3 Å². The number of methoxy groups -OCH3 is 1. The first-order chi connectivity index (χ1) is 17.5. The van der Waals surface area contributed by atoms with Crippen LogP contribution in [0.15, 0.2) is 52.3 Å². The molecule has 10 heteroatoms. The highest BCUT2D eigenvalue weighted by Gasteiger charge is 2.25. The average Bonchev–Trinajstić information content (AvgIpc) is 3.49. The molecule has 1 atom stereocenters. The Morgan fingerprint density at radius 1 is 1.11 bits per heavy atom. The number of amidine groups is 1. The number of hydrogen-bond donors (Lipinski definition) is 3. The molecule has 3 heterocycles. The van der Waals surface area contributed by atoms with Gasteiger partial charge in [0.1, 0.15) is 11.5 Å². The lowest BCUT2D eigenvalue weighted by Gasteiger charge is -2.23. The van der Waals surface area contributed by atoms with Crippen LogP contribution in [0.2, 0.25) is 5.02 Å². The van der Waals surface area contributed by atoms with Gasteiger partial charge < -0.3 is 25.5 Å². The molecular weight excluding hydrogens is 480 g/mol. The van der Waals surface area contributed by atoms with Gasteiger partial charge in [-0.2, -0.15) is 0 Å². The number of benzene rings is 2. The van der Waals surface area contributed by atoms with Gasteiger partial charge in [-0.1, -0.05) is 35.9 Å². The summed E-state index contributed by atoms with van der Waals surface area (Å²) >= 11 is 6.58. The van der Waals surface area contributed by atoms with E-state index in [0.717, 1.165) is 36.3 Å². The minimum absolute atomic E-state index is 0.205. The van der Waals surface area contributed by atoms with Crippen molar-refractivity contribution in [3.8, 4) is 11.1 Å². The SMILES string of the molecule is COCCOC1N=C(N)c2[nH]c(=O)n(Cc3cc(-c4cccc(CN5CCCC5)c4)ccc3Cl)c2N1. The molecule has 3 aromatic rings.